The van der Waals surface area contributed by atoms with Gasteiger partial charge in [-0.15, -0.1) is 0 Å². The molecule has 1 aromatic carbocycles. The van der Waals surface area contributed by atoms with Crippen molar-refractivity contribution >= 4 is 17.3 Å². The molecule has 2 heterocycles. The van der Waals surface area contributed by atoms with E-state index in [-0.39, 0.29) is 11.3 Å². The summed E-state index contributed by atoms with van der Waals surface area (Å²) in [5, 5.41) is 4.00. The van der Waals surface area contributed by atoms with E-state index in [2.05, 4.69) is 10.1 Å². The largest absolute Gasteiger partial charge is 0.398 e. The van der Waals surface area contributed by atoms with Gasteiger partial charge in [0.15, 0.2) is 5.82 Å². The van der Waals surface area contributed by atoms with Gasteiger partial charge in [-0.1, -0.05) is 32.0 Å². The molecule has 0 bridgehead atoms. The molecule has 0 spiro atoms. The lowest BCUT2D eigenvalue weighted by Crippen LogP contribution is -2.35. The molecule has 6 nitrogen and oxygen atoms in total. The van der Waals surface area contributed by atoms with Crippen LogP contribution in [0.4, 0.5) is 11.4 Å². The van der Waals surface area contributed by atoms with E-state index in [1.165, 1.54) is 0 Å². The Bertz CT molecular complexity index is 746. The molecule has 128 valence electrons. The summed E-state index contributed by atoms with van der Waals surface area (Å²) in [6.07, 6.45) is 2.65. The minimum Gasteiger partial charge on any atom is -0.398 e. The number of aromatic nitrogens is 2. The van der Waals surface area contributed by atoms with Gasteiger partial charge in [0, 0.05) is 36.2 Å². The number of benzene rings is 1. The Morgan fingerprint density at radius 1 is 1.38 bits per heavy atom. The van der Waals surface area contributed by atoms with Gasteiger partial charge in [-0.05, 0) is 30.5 Å². The number of rotatable bonds is 3. The van der Waals surface area contributed by atoms with Crippen molar-refractivity contribution < 1.29 is 9.32 Å². The highest BCUT2D eigenvalue weighted by atomic mass is 16.5. The fourth-order valence-corrected chi connectivity index (χ4v) is 2.92. The van der Waals surface area contributed by atoms with E-state index in [0.717, 1.165) is 36.3 Å². The molecule has 0 aliphatic carbocycles. The first-order valence-electron chi connectivity index (χ1n) is 8.37. The highest BCUT2D eigenvalue weighted by Crippen LogP contribution is 2.31. The minimum absolute atomic E-state index is 0.0667. The number of anilines is 2. The molecular formula is C18H24N4O2. The fraction of sp³-hybridized carbons (Fsp3) is 0.500. The number of carbonyl (C=O) groups excluding carboxylic acids is 1. The van der Waals surface area contributed by atoms with Gasteiger partial charge in [-0.25, -0.2) is 0 Å². The van der Waals surface area contributed by atoms with E-state index in [0.29, 0.717) is 24.6 Å². The second-order valence-corrected chi connectivity index (χ2v) is 7.26. The van der Waals surface area contributed by atoms with Crippen LogP contribution in [-0.2, 0) is 23.1 Å². The first kappa shape index (κ1) is 16.5. The highest BCUT2D eigenvalue weighted by molar-refractivity contribution is 5.95. The predicted molar refractivity (Wildman–Crippen MR) is 92.8 cm³/mol. The summed E-state index contributed by atoms with van der Waals surface area (Å²) in [6, 6.07) is 5.75. The Balaban J connectivity index is 1.69. The lowest BCUT2D eigenvalue weighted by molar-refractivity contribution is -0.118. The van der Waals surface area contributed by atoms with Gasteiger partial charge >= 0.3 is 0 Å². The quantitative estimate of drug-likeness (QED) is 0.876. The maximum atomic E-state index is 12.6. The molecule has 3 rings (SSSR count). The Hall–Kier alpha value is -2.37. The number of carbonyl (C=O) groups is 1. The molecule has 0 atom stereocenters. The Morgan fingerprint density at radius 2 is 2.17 bits per heavy atom. The van der Waals surface area contributed by atoms with E-state index in [4.69, 9.17) is 10.3 Å². The maximum Gasteiger partial charge on any atom is 0.227 e. The molecule has 1 aromatic heterocycles. The number of nitrogen functional groups attached to an aromatic ring is 1. The molecule has 1 amide bonds. The molecule has 6 heteroatoms. The van der Waals surface area contributed by atoms with E-state index in [1.807, 2.05) is 43.9 Å². The zero-order valence-electron chi connectivity index (χ0n) is 14.5. The van der Waals surface area contributed by atoms with E-state index < -0.39 is 0 Å². The van der Waals surface area contributed by atoms with Crippen LogP contribution in [0.2, 0.25) is 0 Å². The van der Waals surface area contributed by atoms with Gasteiger partial charge in [0.05, 0.1) is 0 Å². The second kappa shape index (κ2) is 6.26. The van der Waals surface area contributed by atoms with Crippen molar-refractivity contribution in [2.24, 2.45) is 0 Å². The van der Waals surface area contributed by atoms with Crippen LogP contribution in [0.25, 0.3) is 0 Å². The van der Waals surface area contributed by atoms with Crippen molar-refractivity contribution in [2.45, 2.75) is 51.9 Å². The summed E-state index contributed by atoms with van der Waals surface area (Å²) in [4.78, 5) is 18.9. The number of hydrogen-bond donors (Lipinski definition) is 1. The molecule has 0 fully saturated rings. The minimum atomic E-state index is -0.158. The normalized spacial score (nSPS) is 14.5. The van der Waals surface area contributed by atoms with Gasteiger partial charge in [0.2, 0.25) is 11.8 Å². The smallest absolute Gasteiger partial charge is 0.227 e. The molecular weight excluding hydrogens is 304 g/mol. The summed E-state index contributed by atoms with van der Waals surface area (Å²) >= 11 is 0. The molecule has 1 aliphatic heterocycles. The number of nitrogens with zero attached hydrogens (tertiary/aromatic N) is 3. The lowest BCUT2D eigenvalue weighted by Gasteiger charge is -2.30. The number of hydrogen-bond acceptors (Lipinski definition) is 5. The zero-order chi connectivity index (χ0) is 17.3. The highest BCUT2D eigenvalue weighted by Gasteiger charge is 2.25. The number of amides is 1. The van der Waals surface area contributed by atoms with Crippen LogP contribution < -0.4 is 10.6 Å². The number of fused-ring (bicyclic) bond motifs is 1. The van der Waals surface area contributed by atoms with Gasteiger partial charge in [-0.3, -0.25) is 4.79 Å². The first-order chi connectivity index (χ1) is 11.4. The lowest BCUT2D eigenvalue weighted by atomic mass is 9.96. The van der Waals surface area contributed by atoms with Gasteiger partial charge in [0.1, 0.15) is 0 Å². The molecule has 24 heavy (non-hydrogen) atoms. The standard InChI is InChI=1S/C18H24N4O2/c1-18(2,3)17-20-15(24-21-17)9-10-16(23)22-11-5-6-12-13(19)7-4-8-14(12)22/h4,7-8H,5-6,9-11,19H2,1-3H3. The fourth-order valence-electron chi connectivity index (χ4n) is 2.92. The molecule has 2 aromatic rings. The Kier molecular flexibility index (Phi) is 4.30. The van der Waals surface area contributed by atoms with Crippen LogP contribution in [0, 0.1) is 0 Å². The number of aryl methyl sites for hydroxylation is 1. The summed E-state index contributed by atoms with van der Waals surface area (Å²) in [5.74, 6) is 1.25. The van der Waals surface area contributed by atoms with Crippen LogP contribution in [0.3, 0.4) is 0 Å². The van der Waals surface area contributed by atoms with Crippen LogP contribution in [0.1, 0.15) is 50.9 Å². The summed E-state index contributed by atoms with van der Waals surface area (Å²) < 4.78 is 5.27. The monoisotopic (exact) mass is 328 g/mol. The summed E-state index contributed by atoms with van der Waals surface area (Å²) in [7, 11) is 0. The predicted octanol–water partition coefficient (Wildman–Crippen LogP) is 2.86. The molecule has 0 radical (unpaired) electrons. The second-order valence-electron chi connectivity index (χ2n) is 7.26. The van der Waals surface area contributed by atoms with Gasteiger partial charge in [0.25, 0.3) is 0 Å². The van der Waals surface area contributed by atoms with Crippen molar-refractivity contribution in [1.82, 2.24) is 10.1 Å². The molecule has 0 saturated heterocycles. The van der Waals surface area contributed by atoms with Crippen molar-refractivity contribution in [3.05, 3.63) is 35.5 Å². The Morgan fingerprint density at radius 3 is 2.88 bits per heavy atom. The average molecular weight is 328 g/mol. The molecule has 1 aliphatic rings. The average Bonchev–Trinajstić information content (AvgIpc) is 3.02. The summed E-state index contributed by atoms with van der Waals surface area (Å²) in [6.45, 7) is 6.82. The Labute approximate surface area is 142 Å². The van der Waals surface area contributed by atoms with Crippen LogP contribution >= 0.6 is 0 Å². The van der Waals surface area contributed by atoms with E-state index >= 15 is 0 Å². The van der Waals surface area contributed by atoms with Gasteiger partial charge < -0.3 is 15.2 Å². The van der Waals surface area contributed by atoms with Crippen LogP contribution in [0.15, 0.2) is 22.7 Å². The zero-order valence-corrected chi connectivity index (χ0v) is 14.5. The van der Waals surface area contributed by atoms with Crippen molar-refractivity contribution in [3.63, 3.8) is 0 Å². The van der Waals surface area contributed by atoms with Crippen LogP contribution in [0.5, 0.6) is 0 Å². The van der Waals surface area contributed by atoms with E-state index in [1.54, 1.807) is 0 Å². The molecule has 0 saturated carbocycles. The third kappa shape index (κ3) is 3.27. The van der Waals surface area contributed by atoms with Crippen molar-refractivity contribution in [2.75, 3.05) is 17.2 Å². The first-order valence-corrected chi connectivity index (χ1v) is 8.37. The topological polar surface area (TPSA) is 85.2 Å². The summed E-state index contributed by atoms with van der Waals surface area (Å²) in [5.41, 5.74) is 8.66. The van der Waals surface area contributed by atoms with Crippen LogP contribution in [-0.4, -0.2) is 22.6 Å². The SMILES string of the molecule is CC(C)(C)c1noc(CCC(=O)N2CCCc3c(N)cccc32)n1. The van der Waals surface area contributed by atoms with Crippen molar-refractivity contribution in [3.8, 4) is 0 Å². The third-order valence-electron chi connectivity index (χ3n) is 4.28. The number of nitrogens with two attached hydrogens (primary N) is 1. The maximum absolute atomic E-state index is 12.6. The van der Waals surface area contributed by atoms with Crippen molar-refractivity contribution in [1.29, 1.82) is 0 Å². The third-order valence-corrected chi connectivity index (χ3v) is 4.28. The van der Waals surface area contributed by atoms with E-state index in [9.17, 15) is 4.79 Å². The molecule has 2 N–H and O–H groups in total. The van der Waals surface area contributed by atoms with Gasteiger partial charge in [-0.2, -0.15) is 4.98 Å². The molecule has 0 unspecified atom stereocenters.